The zero-order chi connectivity index (χ0) is 13.4. The second kappa shape index (κ2) is 7.51. The third kappa shape index (κ3) is 5.62. The van der Waals surface area contributed by atoms with Gasteiger partial charge in [0.05, 0.1) is 10.6 Å². The highest BCUT2D eigenvalue weighted by atomic mass is 32.2. The first-order valence-corrected chi connectivity index (χ1v) is 7.81. The SMILES string of the molecule is CN(C)CCCNCCS(=O)(=O)c1ccccc1. The van der Waals surface area contributed by atoms with Gasteiger partial charge in [0.15, 0.2) is 9.84 Å². The van der Waals surface area contributed by atoms with E-state index < -0.39 is 9.84 Å². The summed E-state index contributed by atoms with van der Waals surface area (Å²) in [6, 6.07) is 8.59. The Kier molecular flexibility index (Phi) is 6.32. The van der Waals surface area contributed by atoms with Gasteiger partial charge < -0.3 is 10.2 Å². The van der Waals surface area contributed by atoms with E-state index in [0.29, 0.717) is 11.4 Å². The zero-order valence-electron chi connectivity index (χ0n) is 11.1. The second-order valence-electron chi connectivity index (χ2n) is 4.54. The molecular formula is C13H22N2O2S. The molecule has 0 aliphatic heterocycles. The van der Waals surface area contributed by atoms with Gasteiger partial charge in [0, 0.05) is 6.54 Å². The smallest absolute Gasteiger partial charge is 0.179 e. The molecule has 0 unspecified atom stereocenters. The van der Waals surface area contributed by atoms with Crippen molar-refractivity contribution >= 4 is 9.84 Å². The molecule has 4 nitrogen and oxygen atoms in total. The van der Waals surface area contributed by atoms with E-state index in [1.54, 1.807) is 24.3 Å². The first-order chi connectivity index (χ1) is 8.52. The molecule has 102 valence electrons. The van der Waals surface area contributed by atoms with Crippen LogP contribution >= 0.6 is 0 Å². The van der Waals surface area contributed by atoms with Crippen molar-refractivity contribution in [2.24, 2.45) is 0 Å². The molecule has 0 fully saturated rings. The predicted octanol–water partition coefficient (Wildman–Crippen LogP) is 1.00. The lowest BCUT2D eigenvalue weighted by Crippen LogP contribution is -2.26. The normalized spacial score (nSPS) is 11.9. The van der Waals surface area contributed by atoms with Crippen LogP contribution in [0.1, 0.15) is 6.42 Å². The highest BCUT2D eigenvalue weighted by Gasteiger charge is 2.12. The van der Waals surface area contributed by atoms with Gasteiger partial charge in [-0.1, -0.05) is 18.2 Å². The minimum Gasteiger partial charge on any atom is -0.316 e. The first-order valence-electron chi connectivity index (χ1n) is 6.15. The van der Waals surface area contributed by atoms with E-state index in [9.17, 15) is 8.42 Å². The summed E-state index contributed by atoms with van der Waals surface area (Å²) in [5, 5.41) is 3.16. The number of rotatable bonds is 8. The summed E-state index contributed by atoms with van der Waals surface area (Å²) < 4.78 is 23.8. The fourth-order valence-corrected chi connectivity index (χ4v) is 2.82. The maximum Gasteiger partial charge on any atom is 0.179 e. The van der Waals surface area contributed by atoms with E-state index in [4.69, 9.17) is 0 Å². The molecule has 0 atom stereocenters. The summed E-state index contributed by atoms with van der Waals surface area (Å²) in [5.41, 5.74) is 0. The Morgan fingerprint density at radius 3 is 2.39 bits per heavy atom. The summed E-state index contributed by atoms with van der Waals surface area (Å²) in [4.78, 5) is 2.52. The minimum atomic E-state index is -3.14. The Hall–Kier alpha value is -0.910. The maximum atomic E-state index is 11.9. The van der Waals surface area contributed by atoms with Crippen LogP contribution in [0.4, 0.5) is 0 Å². The number of nitrogens with zero attached hydrogens (tertiary/aromatic N) is 1. The van der Waals surface area contributed by atoms with E-state index in [1.165, 1.54) is 0 Å². The molecule has 1 N–H and O–H groups in total. The van der Waals surface area contributed by atoms with Gasteiger partial charge in [-0.05, 0) is 45.7 Å². The monoisotopic (exact) mass is 270 g/mol. The molecule has 1 rings (SSSR count). The second-order valence-corrected chi connectivity index (χ2v) is 6.65. The first kappa shape index (κ1) is 15.1. The molecule has 0 aliphatic carbocycles. The van der Waals surface area contributed by atoms with Crippen LogP contribution in [0.5, 0.6) is 0 Å². The van der Waals surface area contributed by atoms with E-state index in [1.807, 2.05) is 20.2 Å². The van der Waals surface area contributed by atoms with Crippen LogP contribution in [0, 0.1) is 0 Å². The summed E-state index contributed by atoms with van der Waals surface area (Å²) in [6.45, 7) is 2.37. The van der Waals surface area contributed by atoms with Crippen molar-refractivity contribution in [3.63, 3.8) is 0 Å². The number of nitrogens with one attached hydrogen (secondary N) is 1. The largest absolute Gasteiger partial charge is 0.316 e. The van der Waals surface area contributed by atoms with Gasteiger partial charge >= 0.3 is 0 Å². The Morgan fingerprint density at radius 1 is 1.11 bits per heavy atom. The quantitative estimate of drug-likeness (QED) is 0.716. The average molecular weight is 270 g/mol. The molecule has 0 aliphatic rings. The zero-order valence-corrected chi connectivity index (χ0v) is 11.9. The lowest BCUT2D eigenvalue weighted by atomic mass is 10.4. The van der Waals surface area contributed by atoms with Crippen LogP contribution in [0.3, 0.4) is 0 Å². The molecule has 0 aromatic heterocycles. The fraction of sp³-hybridized carbons (Fsp3) is 0.538. The molecule has 0 spiro atoms. The number of hydrogen-bond donors (Lipinski definition) is 1. The Labute approximate surface area is 110 Å². The highest BCUT2D eigenvalue weighted by Crippen LogP contribution is 2.09. The van der Waals surface area contributed by atoms with Crippen molar-refractivity contribution in [3.8, 4) is 0 Å². The van der Waals surface area contributed by atoms with E-state index >= 15 is 0 Å². The standard InChI is InChI=1S/C13H22N2O2S/c1-15(2)11-6-9-14-10-12-18(16,17)13-7-4-3-5-8-13/h3-5,7-8,14H,6,9-12H2,1-2H3. The molecule has 1 aromatic carbocycles. The van der Waals surface area contributed by atoms with Gasteiger partial charge in [-0.15, -0.1) is 0 Å². The van der Waals surface area contributed by atoms with Crippen LogP contribution in [0.25, 0.3) is 0 Å². The highest BCUT2D eigenvalue weighted by molar-refractivity contribution is 7.91. The van der Waals surface area contributed by atoms with Gasteiger partial charge in [-0.2, -0.15) is 0 Å². The number of benzene rings is 1. The molecule has 5 heteroatoms. The predicted molar refractivity (Wildman–Crippen MR) is 74.5 cm³/mol. The third-order valence-corrected chi connectivity index (χ3v) is 4.34. The van der Waals surface area contributed by atoms with Crippen molar-refractivity contribution in [2.75, 3.05) is 39.5 Å². The van der Waals surface area contributed by atoms with Crippen LogP contribution in [-0.4, -0.2) is 52.8 Å². The molecule has 0 bridgehead atoms. The van der Waals surface area contributed by atoms with Crippen LogP contribution < -0.4 is 5.32 Å². The summed E-state index contributed by atoms with van der Waals surface area (Å²) in [5.74, 6) is 0.152. The van der Waals surface area contributed by atoms with Crippen molar-refractivity contribution in [1.29, 1.82) is 0 Å². The van der Waals surface area contributed by atoms with E-state index in [0.717, 1.165) is 19.5 Å². The Morgan fingerprint density at radius 2 is 1.78 bits per heavy atom. The van der Waals surface area contributed by atoms with E-state index in [2.05, 4.69) is 10.2 Å². The minimum absolute atomic E-state index is 0.152. The van der Waals surface area contributed by atoms with Crippen molar-refractivity contribution in [3.05, 3.63) is 30.3 Å². The summed E-state index contributed by atoms with van der Waals surface area (Å²) in [6.07, 6.45) is 1.03. The maximum absolute atomic E-state index is 11.9. The topological polar surface area (TPSA) is 49.4 Å². The van der Waals surface area contributed by atoms with Gasteiger partial charge in [0.25, 0.3) is 0 Å². The Balaban J connectivity index is 2.27. The summed E-state index contributed by atoms with van der Waals surface area (Å²) in [7, 11) is 0.919. The molecule has 0 saturated heterocycles. The van der Waals surface area contributed by atoms with Crippen LogP contribution in [0.15, 0.2) is 35.2 Å². The third-order valence-electron chi connectivity index (χ3n) is 2.61. The van der Waals surface area contributed by atoms with Crippen LogP contribution in [-0.2, 0) is 9.84 Å². The molecule has 0 saturated carbocycles. The lowest BCUT2D eigenvalue weighted by molar-refractivity contribution is 0.395. The Bertz CT molecular complexity index is 430. The van der Waals surface area contributed by atoms with Crippen molar-refractivity contribution < 1.29 is 8.42 Å². The molecule has 0 radical (unpaired) electrons. The van der Waals surface area contributed by atoms with Gasteiger partial charge in [0.2, 0.25) is 0 Å². The molecule has 18 heavy (non-hydrogen) atoms. The molecular weight excluding hydrogens is 248 g/mol. The lowest BCUT2D eigenvalue weighted by Gasteiger charge is -2.10. The number of sulfone groups is 1. The van der Waals surface area contributed by atoms with Gasteiger partial charge in [-0.25, -0.2) is 8.42 Å². The molecule has 0 amide bonds. The summed E-state index contributed by atoms with van der Waals surface area (Å²) >= 11 is 0. The average Bonchev–Trinajstić information content (AvgIpc) is 2.34. The van der Waals surface area contributed by atoms with Crippen LogP contribution in [0.2, 0.25) is 0 Å². The van der Waals surface area contributed by atoms with Gasteiger partial charge in [0.1, 0.15) is 0 Å². The van der Waals surface area contributed by atoms with E-state index in [-0.39, 0.29) is 5.75 Å². The van der Waals surface area contributed by atoms with Gasteiger partial charge in [-0.3, -0.25) is 0 Å². The molecule has 1 aromatic rings. The van der Waals surface area contributed by atoms with Crippen molar-refractivity contribution in [1.82, 2.24) is 10.2 Å². The van der Waals surface area contributed by atoms with Crippen molar-refractivity contribution in [2.45, 2.75) is 11.3 Å². The fourth-order valence-electron chi connectivity index (χ4n) is 1.60. The number of hydrogen-bond acceptors (Lipinski definition) is 4. The molecule has 0 heterocycles.